The van der Waals surface area contributed by atoms with E-state index in [4.69, 9.17) is 62.8 Å². The summed E-state index contributed by atoms with van der Waals surface area (Å²) in [5.41, 5.74) is 5.73. The number of fused-ring (bicyclic) bond motifs is 6. The number of anilines is 1. The van der Waals surface area contributed by atoms with Crippen molar-refractivity contribution in [1.82, 2.24) is 36.2 Å². The number of nitrogens with zero attached hydrogens (tertiary/aromatic N) is 4. The molecule has 0 radical (unpaired) electrons. The number of carbonyl (C=O) groups excluding carboxylic acids is 10. The van der Waals surface area contributed by atoms with Gasteiger partial charge in [0.15, 0.2) is 11.5 Å². The van der Waals surface area contributed by atoms with Gasteiger partial charge in [0.2, 0.25) is 11.8 Å². The Morgan fingerprint density at radius 1 is 0.979 bits per heavy atom. The number of aromatic nitrogens is 1. The van der Waals surface area contributed by atoms with Crippen molar-refractivity contribution in [3.05, 3.63) is 93.7 Å². The Kier molecular flexibility index (Phi) is 26.5. The molecule has 4 aliphatic rings. The van der Waals surface area contributed by atoms with Crippen LogP contribution in [0.5, 0.6) is 0 Å². The summed E-state index contributed by atoms with van der Waals surface area (Å²) >= 11 is 12.5. The molecule has 2 aromatic carbocycles. The number of primary amides is 1. The number of Topliss-reactive ketones (excluding diaryl/α,β-unsaturated/α-hetero) is 1. The van der Waals surface area contributed by atoms with Crippen LogP contribution in [0.1, 0.15) is 120 Å². The lowest BCUT2D eigenvalue weighted by molar-refractivity contribution is -0.198. The second-order valence-corrected chi connectivity index (χ2v) is 26.0. The molecule has 4 aliphatic heterocycles. The molecule has 3 fully saturated rings. The number of urea groups is 1. The van der Waals surface area contributed by atoms with Crippen LogP contribution in [0.2, 0.25) is 5.02 Å². The van der Waals surface area contributed by atoms with Crippen molar-refractivity contribution in [3.8, 4) is 0 Å². The summed E-state index contributed by atoms with van der Waals surface area (Å²) in [6.45, 7) is 13.3. The second kappa shape index (κ2) is 33.8. The summed E-state index contributed by atoms with van der Waals surface area (Å²) in [5, 5.41) is 24.3. The quantitative estimate of drug-likeness (QED) is 0.0185. The number of carbonyl (C=O) groups is 10. The maximum Gasteiger partial charge on any atom is 0.409 e. The highest BCUT2D eigenvalue weighted by atomic mass is 35.5. The number of nitrogens with two attached hydrogens (primary N) is 1. The van der Waals surface area contributed by atoms with Gasteiger partial charge in [0.25, 0.3) is 17.7 Å². The van der Waals surface area contributed by atoms with Crippen molar-refractivity contribution >= 4 is 105 Å². The number of alkyl carbamates (subject to hydrolysis) is 1. The van der Waals surface area contributed by atoms with Gasteiger partial charge in [-0.1, -0.05) is 86.6 Å². The third-order valence-electron chi connectivity index (χ3n) is 17.7. The van der Waals surface area contributed by atoms with Crippen molar-refractivity contribution in [1.29, 1.82) is 0 Å². The van der Waals surface area contributed by atoms with Gasteiger partial charge in [-0.25, -0.2) is 19.2 Å². The lowest BCUT2D eigenvalue weighted by atomic mass is 9.83. The van der Waals surface area contributed by atoms with E-state index in [1.54, 1.807) is 51.2 Å². The minimum absolute atomic E-state index is 0.00842. The number of nitrogens with one attached hydrogen (secondary N) is 4. The smallest absolute Gasteiger partial charge is 0.409 e. The summed E-state index contributed by atoms with van der Waals surface area (Å²) in [7, 11) is 4.40. The van der Waals surface area contributed by atoms with Gasteiger partial charge in [-0.05, 0) is 87.8 Å². The van der Waals surface area contributed by atoms with Crippen LogP contribution in [0.3, 0.4) is 0 Å². The molecule has 0 aliphatic carbocycles. The van der Waals surface area contributed by atoms with E-state index in [1.165, 1.54) is 43.1 Å². The highest BCUT2D eigenvalue weighted by Gasteiger charge is 2.64. The van der Waals surface area contributed by atoms with E-state index in [0.29, 0.717) is 50.2 Å². The number of esters is 1. The first-order valence-electron chi connectivity index (χ1n) is 32.0. The molecule has 10 atom stereocenters. The molecule has 8 amide bonds. The van der Waals surface area contributed by atoms with Gasteiger partial charge in [0, 0.05) is 89.8 Å². The Morgan fingerprint density at radius 2 is 1.69 bits per heavy atom. The van der Waals surface area contributed by atoms with Crippen molar-refractivity contribution in [2.45, 2.75) is 160 Å². The number of ketones is 1. The van der Waals surface area contributed by atoms with Crippen LogP contribution in [-0.2, 0) is 79.7 Å². The minimum Gasteiger partial charge on any atom is -0.457 e. The number of aliphatic hydroxyl groups is 1. The van der Waals surface area contributed by atoms with Gasteiger partial charge in [-0.15, -0.1) is 5.06 Å². The molecule has 96 heavy (non-hydrogen) atoms. The summed E-state index contributed by atoms with van der Waals surface area (Å²) in [6, 6.07) is 7.10. The van der Waals surface area contributed by atoms with Crippen LogP contribution in [0.4, 0.5) is 15.3 Å². The summed E-state index contributed by atoms with van der Waals surface area (Å²) in [5.74, 6) is -6.28. The van der Waals surface area contributed by atoms with Crippen LogP contribution in [0.15, 0.2) is 66.4 Å². The average Bonchev–Trinajstić information content (AvgIpc) is 1.56. The molecule has 0 spiro atoms. The van der Waals surface area contributed by atoms with Crippen molar-refractivity contribution in [2.24, 2.45) is 23.5 Å². The molecule has 1 aromatic heterocycles. The van der Waals surface area contributed by atoms with Crippen molar-refractivity contribution in [2.75, 3.05) is 65.6 Å². The van der Waals surface area contributed by atoms with E-state index in [2.05, 4.69) is 26.3 Å². The number of amides is 8. The fourth-order valence-corrected chi connectivity index (χ4v) is 12.4. The fraction of sp³-hybridized carbons (Fsp3) is 0.552. The molecule has 3 saturated heterocycles. The number of halogens is 1. The Hall–Kier alpha value is -7.99. The Balaban J connectivity index is 1.02. The normalized spacial score (nSPS) is 23.9. The Bertz CT molecular complexity index is 3480. The molecule has 3 aromatic rings. The van der Waals surface area contributed by atoms with Gasteiger partial charge in [-0.2, -0.15) is 0 Å². The zero-order valence-corrected chi connectivity index (χ0v) is 57.4. The number of hydrogen-bond acceptors (Lipinski definition) is 20. The number of pyridine rings is 1. The van der Waals surface area contributed by atoms with Gasteiger partial charge >= 0.3 is 24.1 Å². The number of aryl methyl sites for hydroxylation is 1. The maximum absolute atomic E-state index is 14.7. The largest absolute Gasteiger partial charge is 0.457 e. The molecule has 522 valence electrons. The first-order valence-corrected chi connectivity index (χ1v) is 32.8. The van der Waals surface area contributed by atoms with E-state index in [1.807, 2.05) is 45.9 Å². The van der Waals surface area contributed by atoms with Gasteiger partial charge < -0.3 is 69.8 Å². The van der Waals surface area contributed by atoms with Gasteiger partial charge in [0.05, 0.1) is 78.2 Å². The molecule has 29 heteroatoms. The van der Waals surface area contributed by atoms with E-state index in [0.717, 1.165) is 11.1 Å². The van der Waals surface area contributed by atoms with Crippen LogP contribution >= 0.6 is 23.8 Å². The summed E-state index contributed by atoms with van der Waals surface area (Å²) in [4.78, 5) is 145. The first-order chi connectivity index (χ1) is 45.5. The number of ether oxygens (including phenoxy) is 6. The maximum atomic E-state index is 14.7. The molecule has 5 heterocycles. The number of benzene rings is 2. The number of allylic oxidation sites excluding steroid dienone is 3. The predicted octanol–water partition coefficient (Wildman–Crippen LogP) is 5.33. The highest BCUT2D eigenvalue weighted by molar-refractivity contribution is 7.80. The molecular weight excluding hydrogens is 1290 g/mol. The topological polar surface area (TPSA) is 356 Å². The van der Waals surface area contributed by atoms with Crippen LogP contribution < -0.4 is 31.9 Å². The number of thiocarbonyl (C=S) groups is 1. The average molecular weight is 1380 g/mol. The number of hydroxylamine groups is 2. The van der Waals surface area contributed by atoms with E-state index >= 15 is 0 Å². The highest BCUT2D eigenvalue weighted by Crippen LogP contribution is 2.49. The lowest BCUT2D eigenvalue weighted by Crippen LogP contribution is -2.63. The van der Waals surface area contributed by atoms with Crippen LogP contribution in [-0.4, -0.2) is 193 Å². The van der Waals surface area contributed by atoms with Crippen molar-refractivity contribution < 1.29 is 86.3 Å². The second-order valence-electron chi connectivity index (χ2n) is 25.2. The molecule has 27 nitrogen and oxygen atoms in total. The zero-order chi connectivity index (χ0) is 70.3. The van der Waals surface area contributed by atoms with Crippen molar-refractivity contribution in [3.63, 3.8) is 0 Å². The Labute approximate surface area is 568 Å². The SMILES string of the molecule is CO[C@@H]1/C=C/C=C(\C)Cc2cc(C)c(Cl)c(c2)N(C)C(=O)C[C@H](OC(=O)[C@H](C)N(C)C(=O)c2ccc(CC(=O)[C@H](CCCNC(N)=O)NC(=O)[C@@H](CC(=S)NCCOCCOCCC(=O)ON3C(=O)CCC3=O)C(C)C)c3cccnc23)[C@]2(C)O[C@H]2[C@H](C)[C@@H]2C[C@@]1(O)NC(=O)O2. The van der Waals surface area contributed by atoms with Crippen LogP contribution in [0, 0.1) is 24.7 Å². The number of likely N-dealkylation sites (N-methyl/N-ethyl adjacent to an activating group) is 1. The van der Waals surface area contributed by atoms with E-state index < -0.39 is 120 Å². The molecule has 7 N–H and O–H groups in total. The number of imide groups is 1. The van der Waals surface area contributed by atoms with E-state index in [-0.39, 0.29) is 107 Å². The standard InChI is InChI=1S/C67H88ClN9O18S/c1-37(2)46(34-53(96)70-25-27-91-29-28-90-26-22-57(82)95-77-54(79)20-21-55(77)80)61(83)73-47(16-13-24-72-64(69)86)49(78)33-43-18-19-45(59-44(43)15-12-23-71-59)62(84)75(8)41(6)63(85)93-52-35-56(81)76(9)48-32-42(31-39(4)58(48)68)30-38(3)14-11-17-51(89-10)67(88)36-50(92-65(87)74-67)40(5)60-66(52,7)94-60/h11-12,14-15,17-19,23,31-32,37,40-41,46-47,50-52,60,88H,13,16,20-22,24-30,33-36H2,1-10H3,(H,70,96)(H,73,83)(H,74,87)(H3,69,72,86)/b17-11+,38-14+/t40-,41+,46+,47+,50+,51-,52+,60+,66+,67+/m1/s1. The molecule has 4 bridgehead atoms. The third-order valence-corrected chi connectivity index (χ3v) is 18.5. The summed E-state index contributed by atoms with van der Waals surface area (Å²) in [6.07, 6.45) is 1.84. The molecular formula is C67H88ClN9O18S. The number of epoxide rings is 1. The fourth-order valence-electron chi connectivity index (χ4n) is 11.8. The van der Waals surface area contributed by atoms with Gasteiger partial charge in [0.1, 0.15) is 30.0 Å². The summed E-state index contributed by atoms with van der Waals surface area (Å²) < 4.78 is 35.2. The molecule has 7 rings (SSSR count). The zero-order valence-electron chi connectivity index (χ0n) is 55.8. The van der Waals surface area contributed by atoms with Gasteiger partial charge in [-0.3, -0.25) is 39.1 Å². The molecule has 0 unspecified atom stereocenters. The lowest BCUT2D eigenvalue weighted by Gasteiger charge is -2.42. The minimum atomic E-state index is -1.91. The monoisotopic (exact) mass is 1370 g/mol. The van der Waals surface area contributed by atoms with E-state index in [9.17, 15) is 53.1 Å². The predicted molar refractivity (Wildman–Crippen MR) is 355 cm³/mol. The number of hydrogen-bond donors (Lipinski definition) is 6. The van der Waals surface area contributed by atoms with Crippen LogP contribution in [0.25, 0.3) is 10.9 Å². The first kappa shape index (κ1) is 75.4. The molecule has 0 saturated carbocycles. The third kappa shape index (κ3) is 19.4. The number of methoxy groups -OCH3 is 1. The number of rotatable bonds is 27. The Morgan fingerprint density at radius 3 is 2.38 bits per heavy atom.